The molecule has 1 aromatic carbocycles. The maximum Gasteiger partial charge on any atom is 0.130 e. The van der Waals surface area contributed by atoms with E-state index < -0.39 is 11.9 Å². The van der Waals surface area contributed by atoms with E-state index in [1.54, 1.807) is 12.1 Å². The number of hydrogen-bond acceptors (Lipinski definition) is 2. The number of hydrogen-bond donors (Lipinski definition) is 1. The average Bonchev–Trinajstić information content (AvgIpc) is 2.69. The molecule has 1 atom stereocenters. The van der Waals surface area contributed by atoms with E-state index in [-0.39, 0.29) is 5.56 Å². The van der Waals surface area contributed by atoms with Gasteiger partial charge < -0.3 is 5.11 Å². The first kappa shape index (κ1) is 13.3. The predicted molar refractivity (Wildman–Crippen MR) is 72.5 cm³/mol. The van der Waals surface area contributed by atoms with Gasteiger partial charge in [-0.2, -0.15) is 0 Å². The second-order valence-electron chi connectivity index (χ2n) is 3.33. The Bertz CT molecular complexity index is 558. The summed E-state index contributed by atoms with van der Waals surface area (Å²) in [5.41, 5.74) is 0.136. The quantitative estimate of drug-likeness (QED) is 0.748. The Morgan fingerprint density at radius 2 is 2.00 bits per heavy atom. The SMILES string of the molecule is OC(c1ccc(Cl)s1)c1cc(Cl)c(Br)cc1F. The van der Waals surface area contributed by atoms with Gasteiger partial charge >= 0.3 is 0 Å². The second kappa shape index (κ2) is 5.24. The van der Waals surface area contributed by atoms with Gasteiger partial charge in [-0.3, -0.25) is 0 Å². The predicted octanol–water partition coefficient (Wildman–Crippen LogP) is 5.04. The van der Waals surface area contributed by atoms with Crippen LogP contribution in [0.2, 0.25) is 9.36 Å². The molecule has 0 fully saturated rings. The minimum Gasteiger partial charge on any atom is -0.383 e. The van der Waals surface area contributed by atoms with E-state index in [9.17, 15) is 9.50 Å². The van der Waals surface area contributed by atoms with E-state index in [0.29, 0.717) is 18.7 Å². The fraction of sp³-hybridized carbons (Fsp3) is 0.0909. The lowest BCUT2D eigenvalue weighted by atomic mass is 10.1. The van der Waals surface area contributed by atoms with Gasteiger partial charge in [-0.15, -0.1) is 11.3 Å². The van der Waals surface area contributed by atoms with Crippen LogP contribution in [-0.4, -0.2) is 5.11 Å². The van der Waals surface area contributed by atoms with Gasteiger partial charge in [0.15, 0.2) is 0 Å². The lowest BCUT2D eigenvalue weighted by Crippen LogP contribution is -2.00. The zero-order valence-corrected chi connectivity index (χ0v) is 12.2. The van der Waals surface area contributed by atoms with E-state index in [1.807, 2.05) is 0 Å². The monoisotopic (exact) mass is 354 g/mol. The second-order valence-corrected chi connectivity index (χ2v) is 6.34. The van der Waals surface area contributed by atoms with Crippen molar-refractivity contribution in [1.29, 1.82) is 0 Å². The van der Waals surface area contributed by atoms with Crippen LogP contribution in [0.25, 0.3) is 0 Å². The Kier molecular flexibility index (Phi) is 4.10. The van der Waals surface area contributed by atoms with Gasteiger partial charge in [0.25, 0.3) is 0 Å². The maximum absolute atomic E-state index is 13.7. The molecule has 0 spiro atoms. The van der Waals surface area contributed by atoms with Crippen molar-refractivity contribution in [2.75, 3.05) is 0 Å². The van der Waals surface area contributed by atoms with Crippen molar-refractivity contribution in [2.45, 2.75) is 6.10 Å². The molecular formula is C11H6BrCl2FOS. The van der Waals surface area contributed by atoms with Crippen LogP contribution >= 0.6 is 50.5 Å². The van der Waals surface area contributed by atoms with Gasteiger partial charge in [0.2, 0.25) is 0 Å². The Morgan fingerprint density at radius 3 is 2.59 bits per heavy atom. The van der Waals surface area contributed by atoms with Crippen molar-refractivity contribution in [3.05, 3.63) is 54.4 Å². The summed E-state index contributed by atoms with van der Waals surface area (Å²) < 4.78 is 14.7. The van der Waals surface area contributed by atoms with E-state index >= 15 is 0 Å². The van der Waals surface area contributed by atoms with Crippen molar-refractivity contribution in [3.8, 4) is 0 Å². The van der Waals surface area contributed by atoms with Crippen LogP contribution in [0.4, 0.5) is 4.39 Å². The van der Waals surface area contributed by atoms with Crippen LogP contribution in [0.3, 0.4) is 0 Å². The van der Waals surface area contributed by atoms with Crippen LogP contribution in [0.15, 0.2) is 28.7 Å². The molecule has 2 aromatic rings. The molecule has 0 saturated heterocycles. The Balaban J connectivity index is 2.43. The fourth-order valence-corrected chi connectivity index (χ4v) is 2.93. The topological polar surface area (TPSA) is 20.2 Å². The van der Waals surface area contributed by atoms with Crippen LogP contribution in [0.1, 0.15) is 16.5 Å². The molecule has 1 unspecified atom stereocenters. The van der Waals surface area contributed by atoms with Gasteiger partial charge in [0.1, 0.15) is 11.9 Å². The molecule has 2 rings (SSSR count). The summed E-state index contributed by atoms with van der Waals surface area (Å²) in [6, 6.07) is 5.95. The molecule has 0 aliphatic heterocycles. The first-order chi connectivity index (χ1) is 7.99. The molecular weight excluding hydrogens is 350 g/mol. The first-order valence-electron chi connectivity index (χ1n) is 4.57. The van der Waals surface area contributed by atoms with Gasteiger partial charge in [0, 0.05) is 14.9 Å². The van der Waals surface area contributed by atoms with Crippen molar-refractivity contribution in [1.82, 2.24) is 0 Å². The molecule has 0 saturated carbocycles. The normalized spacial score (nSPS) is 12.8. The standard InChI is InChI=1S/C11H6BrCl2FOS/c12-6-4-8(15)5(3-7(6)13)11(16)9-1-2-10(14)17-9/h1-4,11,16H. The fourth-order valence-electron chi connectivity index (χ4n) is 1.38. The summed E-state index contributed by atoms with van der Waals surface area (Å²) in [4.78, 5) is 0.576. The lowest BCUT2D eigenvalue weighted by molar-refractivity contribution is 0.218. The van der Waals surface area contributed by atoms with Crippen LogP contribution < -0.4 is 0 Å². The van der Waals surface area contributed by atoms with Crippen LogP contribution in [-0.2, 0) is 0 Å². The summed E-state index contributed by atoms with van der Waals surface area (Å²) >= 11 is 16.0. The molecule has 1 aromatic heterocycles. The molecule has 1 nitrogen and oxygen atoms in total. The molecule has 6 heteroatoms. The molecule has 0 aliphatic rings. The highest BCUT2D eigenvalue weighted by Gasteiger charge is 2.18. The van der Waals surface area contributed by atoms with Crippen LogP contribution in [0, 0.1) is 5.82 Å². The van der Waals surface area contributed by atoms with Gasteiger partial charge in [-0.05, 0) is 40.2 Å². The third-order valence-electron chi connectivity index (χ3n) is 2.20. The molecule has 0 amide bonds. The summed E-state index contributed by atoms with van der Waals surface area (Å²) in [7, 11) is 0. The third kappa shape index (κ3) is 2.83. The third-order valence-corrected chi connectivity index (χ3v) is 4.68. The first-order valence-corrected chi connectivity index (χ1v) is 6.93. The number of aliphatic hydroxyl groups is 1. The lowest BCUT2D eigenvalue weighted by Gasteiger charge is -2.11. The van der Waals surface area contributed by atoms with Crippen molar-refractivity contribution >= 4 is 50.5 Å². The van der Waals surface area contributed by atoms with E-state index in [0.717, 1.165) is 0 Å². The number of halogens is 4. The highest BCUT2D eigenvalue weighted by molar-refractivity contribution is 9.10. The zero-order valence-electron chi connectivity index (χ0n) is 8.25. The highest BCUT2D eigenvalue weighted by Crippen LogP contribution is 2.35. The summed E-state index contributed by atoms with van der Waals surface area (Å²) in [6.45, 7) is 0. The molecule has 90 valence electrons. The average molecular weight is 356 g/mol. The maximum atomic E-state index is 13.7. The minimum absolute atomic E-state index is 0.136. The summed E-state index contributed by atoms with van der Waals surface area (Å²) in [5.74, 6) is -0.515. The number of aliphatic hydroxyl groups excluding tert-OH is 1. The summed E-state index contributed by atoms with van der Waals surface area (Å²) in [5, 5.41) is 10.4. The Labute approximate surface area is 120 Å². The van der Waals surface area contributed by atoms with Crippen molar-refractivity contribution in [2.24, 2.45) is 0 Å². The minimum atomic E-state index is -1.06. The number of rotatable bonds is 2. The molecule has 0 bridgehead atoms. The van der Waals surface area contributed by atoms with Gasteiger partial charge in [-0.1, -0.05) is 23.2 Å². The van der Waals surface area contributed by atoms with Gasteiger partial charge in [-0.25, -0.2) is 4.39 Å². The van der Waals surface area contributed by atoms with E-state index in [2.05, 4.69) is 15.9 Å². The highest BCUT2D eigenvalue weighted by atomic mass is 79.9. The number of thiophene rings is 1. The molecule has 0 radical (unpaired) electrons. The number of benzene rings is 1. The Hall–Kier alpha value is -0.130. The smallest absolute Gasteiger partial charge is 0.130 e. The van der Waals surface area contributed by atoms with Crippen LogP contribution in [0.5, 0.6) is 0 Å². The van der Waals surface area contributed by atoms with Crippen molar-refractivity contribution < 1.29 is 9.50 Å². The van der Waals surface area contributed by atoms with E-state index in [4.69, 9.17) is 23.2 Å². The summed E-state index contributed by atoms with van der Waals surface area (Å²) in [6.07, 6.45) is -1.06. The largest absolute Gasteiger partial charge is 0.383 e. The van der Waals surface area contributed by atoms with E-state index in [1.165, 1.54) is 23.5 Å². The molecule has 1 N–H and O–H groups in total. The zero-order chi connectivity index (χ0) is 12.6. The molecule has 1 heterocycles. The van der Waals surface area contributed by atoms with Crippen molar-refractivity contribution in [3.63, 3.8) is 0 Å². The Morgan fingerprint density at radius 1 is 1.29 bits per heavy atom. The molecule has 0 aliphatic carbocycles. The molecule has 17 heavy (non-hydrogen) atoms. The van der Waals surface area contributed by atoms with Gasteiger partial charge in [0.05, 0.1) is 9.36 Å².